The molecule has 0 unspecified atom stereocenters. The summed E-state index contributed by atoms with van der Waals surface area (Å²) in [6, 6.07) is 11.3. The molecule has 0 bridgehead atoms. The molecule has 1 N–H and O–H groups in total. The molecule has 108 valence electrons. The summed E-state index contributed by atoms with van der Waals surface area (Å²) in [6.07, 6.45) is 2.47. The van der Waals surface area contributed by atoms with E-state index in [0.29, 0.717) is 6.04 Å². The quantitative estimate of drug-likeness (QED) is 0.661. The number of nitrogens with one attached hydrogen (secondary N) is 1. The standard InChI is InChI=1S/C16H28N2S/c1-4-12-18(5-2)13-11-15(17-3)14-19-16-9-7-6-8-10-16/h6-10,15,17H,4-5,11-14H2,1-3H3/t15-/m1/s1. The first kappa shape index (κ1) is 16.5. The molecule has 0 saturated carbocycles. The van der Waals surface area contributed by atoms with Crippen LogP contribution in [-0.2, 0) is 0 Å². The van der Waals surface area contributed by atoms with Gasteiger partial charge in [-0.1, -0.05) is 32.0 Å². The highest BCUT2D eigenvalue weighted by Crippen LogP contribution is 2.18. The van der Waals surface area contributed by atoms with Crippen LogP contribution in [0.4, 0.5) is 0 Å². The molecule has 2 nitrogen and oxygen atoms in total. The minimum Gasteiger partial charge on any atom is -0.316 e. The van der Waals surface area contributed by atoms with Gasteiger partial charge in [-0.25, -0.2) is 0 Å². The average molecular weight is 280 g/mol. The number of hydrogen-bond acceptors (Lipinski definition) is 3. The lowest BCUT2D eigenvalue weighted by atomic mass is 10.2. The summed E-state index contributed by atoms with van der Waals surface area (Å²) in [7, 11) is 2.08. The Balaban J connectivity index is 2.29. The third-order valence-corrected chi connectivity index (χ3v) is 4.56. The third-order valence-electron chi connectivity index (χ3n) is 3.38. The van der Waals surface area contributed by atoms with E-state index in [0.717, 1.165) is 12.3 Å². The summed E-state index contributed by atoms with van der Waals surface area (Å²) < 4.78 is 0. The molecule has 0 amide bonds. The maximum atomic E-state index is 3.45. The fourth-order valence-electron chi connectivity index (χ4n) is 2.11. The Bertz CT molecular complexity index is 316. The predicted octanol–water partition coefficient (Wildman–Crippen LogP) is 3.49. The van der Waals surface area contributed by atoms with E-state index >= 15 is 0 Å². The number of benzene rings is 1. The minimum absolute atomic E-state index is 0.594. The highest BCUT2D eigenvalue weighted by atomic mass is 32.2. The number of rotatable bonds is 10. The molecule has 0 heterocycles. The summed E-state index contributed by atoms with van der Waals surface area (Å²) in [6.45, 7) is 8.09. The first-order chi connectivity index (χ1) is 9.30. The first-order valence-electron chi connectivity index (χ1n) is 7.37. The molecule has 0 radical (unpaired) electrons. The molecule has 0 aromatic heterocycles. The van der Waals surface area contributed by atoms with Crippen molar-refractivity contribution in [1.29, 1.82) is 0 Å². The van der Waals surface area contributed by atoms with Gasteiger partial charge in [-0.05, 0) is 51.7 Å². The van der Waals surface area contributed by atoms with Crippen molar-refractivity contribution >= 4 is 11.8 Å². The van der Waals surface area contributed by atoms with E-state index < -0.39 is 0 Å². The molecular formula is C16H28N2S. The van der Waals surface area contributed by atoms with Gasteiger partial charge in [0.15, 0.2) is 0 Å². The second-order valence-electron chi connectivity index (χ2n) is 4.83. The van der Waals surface area contributed by atoms with Crippen molar-refractivity contribution in [3.05, 3.63) is 30.3 Å². The Morgan fingerprint density at radius 1 is 1.16 bits per heavy atom. The van der Waals surface area contributed by atoms with E-state index in [1.807, 2.05) is 11.8 Å². The Labute approximate surface area is 123 Å². The highest BCUT2D eigenvalue weighted by molar-refractivity contribution is 7.99. The predicted molar refractivity (Wildman–Crippen MR) is 87.0 cm³/mol. The highest BCUT2D eigenvalue weighted by Gasteiger charge is 2.09. The van der Waals surface area contributed by atoms with Gasteiger partial charge in [0.1, 0.15) is 0 Å². The van der Waals surface area contributed by atoms with Crippen LogP contribution in [-0.4, -0.2) is 43.4 Å². The molecule has 1 aromatic rings. The van der Waals surface area contributed by atoms with Crippen LogP contribution in [0.1, 0.15) is 26.7 Å². The van der Waals surface area contributed by atoms with Crippen molar-refractivity contribution < 1.29 is 0 Å². The van der Waals surface area contributed by atoms with Crippen LogP contribution in [0.2, 0.25) is 0 Å². The van der Waals surface area contributed by atoms with E-state index in [1.165, 1.54) is 30.8 Å². The molecule has 0 saturated heterocycles. The van der Waals surface area contributed by atoms with Gasteiger partial charge in [-0.15, -0.1) is 11.8 Å². The monoisotopic (exact) mass is 280 g/mol. The van der Waals surface area contributed by atoms with Crippen molar-refractivity contribution in [2.45, 2.75) is 37.6 Å². The second-order valence-corrected chi connectivity index (χ2v) is 5.93. The van der Waals surface area contributed by atoms with E-state index in [-0.39, 0.29) is 0 Å². The van der Waals surface area contributed by atoms with Gasteiger partial charge in [0.05, 0.1) is 0 Å². The van der Waals surface area contributed by atoms with E-state index in [9.17, 15) is 0 Å². The molecule has 0 aliphatic heterocycles. The SMILES string of the molecule is CCCN(CC)CC[C@H](CSc1ccccc1)NC. The third kappa shape index (κ3) is 7.00. The van der Waals surface area contributed by atoms with Crippen LogP contribution in [0.5, 0.6) is 0 Å². The molecule has 1 atom stereocenters. The van der Waals surface area contributed by atoms with Gasteiger partial charge in [0, 0.05) is 16.7 Å². The Morgan fingerprint density at radius 3 is 2.47 bits per heavy atom. The van der Waals surface area contributed by atoms with Gasteiger partial charge in [-0.3, -0.25) is 0 Å². The van der Waals surface area contributed by atoms with Crippen molar-refractivity contribution in [3.63, 3.8) is 0 Å². The summed E-state index contributed by atoms with van der Waals surface area (Å²) in [5, 5.41) is 3.45. The number of thioether (sulfide) groups is 1. The molecular weight excluding hydrogens is 252 g/mol. The normalized spacial score (nSPS) is 12.8. The average Bonchev–Trinajstić information content (AvgIpc) is 2.47. The van der Waals surface area contributed by atoms with E-state index in [1.54, 1.807) is 0 Å². The maximum absolute atomic E-state index is 3.45. The van der Waals surface area contributed by atoms with Gasteiger partial charge < -0.3 is 10.2 Å². The summed E-state index contributed by atoms with van der Waals surface area (Å²) in [5.74, 6) is 1.14. The molecule has 1 aromatic carbocycles. The first-order valence-corrected chi connectivity index (χ1v) is 8.36. The topological polar surface area (TPSA) is 15.3 Å². The molecule has 3 heteroatoms. The number of nitrogens with zero attached hydrogens (tertiary/aromatic N) is 1. The van der Waals surface area contributed by atoms with Crippen LogP contribution in [0.15, 0.2) is 35.2 Å². The largest absolute Gasteiger partial charge is 0.316 e. The molecule has 0 aliphatic carbocycles. The lowest BCUT2D eigenvalue weighted by molar-refractivity contribution is 0.274. The Hall–Kier alpha value is -0.510. The molecule has 1 rings (SSSR count). The molecule has 0 spiro atoms. The molecule has 0 fully saturated rings. The van der Waals surface area contributed by atoms with Crippen LogP contribution in [0.3, 0.4) is 0 Å². The van der Waals surface area contributed by atoms with Gasteiger partial charge >= 0.3 is 0 Å². The van der Waals surface area contributed by atoms with Crippen molar-refractivity contribution in [3.8, 4) is 0 Å². The second kappa shape index (κ2) is 10.3. The van der Waals surface area contributed by atoms with Crippen LogP contribution >= 0.6 is 11.8 Å². The van der Waals surface area contributed by atoms with Crippen molar-refractivity contribution in [1.82, 2.24) is 10.2 Å². The molecule has 0 aliphatic rings. The minimum atomic E-state index is 0.594. The fourth-order valence-corrected chi connectivity index (χ4v) is 3.18. The zero-order valence-corrected chi connectivity index (χ0v) is 13.4. The van der Waals surface area contributed by atoms with Crippen LogP contribution in [0.25, 0.3) is 0 Å². The summed E-state index contributed by atoms with van der Waals surface area (Å²) in [5.41, 5.74) is 0. The van der Waals surface area contributed by atoms with Gasteiger partial charge in [0.2, 0.25) is 0 Å². The van der Waals surface area contributed by atoms with Gasteiger partial charge in [0.25, 0.3) is 0 Å². The lowest BCUT2D eigenvalue weighted by Crippen LogP contribution is -2.34. The molecule has 19 heavy (non-hydrogen) atoms. The maximum Gasteiger partial charge on any atom is 0.0170 e. The van der Waals surface area contributed by atoms with Crippen LogP contribution in [0, 0.1) is 0 Å². The smallest absolute Gasteiger partial charge is 0.0170 e. The lowest BCUT2D eigenvalue weighted by Gasteiger charge is -2.23. The van der Waals surface area contributed by atoms with E-state index in [4.69, 9.17) is 0 Å². The number of hydrogen-bond donors (Lipinski definition) is 1. The summed E-state index contributed by atoms with van der Waals surface area (Å²) in [4.78, 5) is 3.90. The zero-order chi connectivity index (χ0) is 13.9. The van der Waals surface area contributed by atoms with Gasteiger partial charge in [-0.2, -0.15) is 0 Å². The Kier molecular flexibility index (Phi) is 8.97. The van der Waals surface area contributed by atoms with Crippen LogP contribution < -0.4 is 5.32 Å². The zero-order valence-electron chi connectivity index (χ0n) is 12.6. The van der Waals surface area contributed by atoms with E-state index in [2.05, 4.69) is 61.4 Å². The van der Waals surface area contributed by atoms with Crippen molar-refractivity contribution in [2.24, 2.45) is 0 Å². The van der Waals surface area contributed by atoms with Crippen molar-refractivity contribution in [2.75, 3.05) is 32.4 Å². The fraction of sp³-hybridized carbons (Fsp3) is 0.625. The summed E-state index contributed by atoms with van der Waals surface area (Å²) >= 11 is 1.94. The Morgan fingerprint density at radius 2 is 1.89 bits per heavy atom.